The minimum Gasteiger partial charge on any atom is -0.398 e. The lowest BCUT2D eigenvalue weighted by molar-refractivity contribution is 0.579. The molecule has 2 rings (SSSR count). The van der Waals surface area contributed by atoms with Crippen molar-refractivity contribution in [2.75, 3.05) is 12.3 Å². The van der Waals surface area contributed by atoms with E-state index in [1.807, 2.05) is 0 Å². The minimum absolute atomic E-state index is 0.0451. The number of aromatic nitrogens is 2. The van der Waals surface area contributed by atoms with Gasteiger partial charge in [-0.2, -0.15) is 5.10 Å². The van der Waals surface area contributed by atoms with Gasteiger partial charge >= 0.3 is 0 Å². The van der Waals surface area contributed by atoms with Gasteiger partial charge in [0.15, 0.2) is 0 Å². The van der Waals surface area contributed by atoms with Gasteiger partial charge in [0.2, 0.25) is 10.0 Å². The maximum absolute atomic E-state index is 13.3. The maximum atomic E-state index is 13.3. The smallest absolute Gasteiger partial charge is 0.242 e. The summed E-state index contributed by atoms with van der Waals surface area (Å²) in [5.41, 5.74) is 6.33. The number of nitrogen functional groups attached to an aromatic ring is 1. The van der Waals surface area contributed by atoms with Gasteiger partial charge < -0.3 is 5.73 Å². The van der Waals surface area contributed by atoms with Gasteiger partial charge in [0.25, 0.3) is 0 Å². The van der Waals surface area contributed by atoms with Crippen LogP contribution in [0.15, 0.2) is 33.8 Å². The molecule has 6 nitrogen and oxygen atoms in total. The van der Waals surface area contributed by atoms with Gasteiger partial charge in [-0.25, -0.2) is 17.5 Å². The van der Waals surface area contributed by atoms with Gasteiger partial charge in [-0.15, -0.1) is 0 Å². The summed E-state index contributed by atoms with van der Waals surface area (Å²) in [5.74, 6) is -0.610. The van der Waals surface area contributed by atoms with Crippen molar-refractivity contribution in [3.63, 3.8) is 0 Å². The number of nitrogens with zero attached hydrogens (tertiary/aromatic N) is 2. The van der Waals surface area contributed by atoms with Crippen molar-refractivity contribution in [2.45, 2.75) is 11.3 Å². The Kier molecular flexibility index (Phi) is 4.64. The SMILES string of the molecule is Cn1nccc1CCNS(=O)(=O)c1cc(Br)c(F)cc1N. The lowest BCUT2D eigenvalue weighted by Gasteiger charge is -2.10. The van der Waals surface area contributed by atoms with Crippen LogP contribution in [0, 0.1) is 5.82 Å². The van der Waals surface area contributed by atoms with Gasteiger partial charge in [-0.05, 0) is 34.1 Å². The normalized spacial score (nSPS) is 11.8. The first-order valence-electron chi connectivity index (χ1n) is 6.02. The Morgan fingerprint density at radius 2 is 2.19 bits per heavy atom. The van der Waals surface area contributed by atoms with Gasteiger partial charge in [0.1, 0.15) is 10.7 Å². The van der Waals surface area contributed by atoms with Crippen LogP contribution < -0.4 is 10.5 Å². The Labute approximate surface area is 130 Å². The van der Waals surface area contributed by atoms with Crippen LogP contribution in [0.4, 0.5) is 10.1 Å². The molecular formula is C12H14BrFN4O2S. The second-order valence-electron chi connectivity index (χ2n) is 4.40. The second kappa shape index (κ2) is 6.12. The van der Waals surface area contributed by atoms with Crippen LogP contribution in [0.1, 0.15) is 5.69 Å². The van der Waals surface area contributed by atoms with Gasteiger partial charge in [-0.1, -0.05) is 0 Å². The Hall–Kier alpha value is -1.45. The molecule has 1 heterocycles. The number of halogens is 2. The van der Waals surface area contributed by atoms with Crippen molar-refractivity contribution in [2.24, 2.45) is 7.05 Å². The van der Waals surface area contributed by atoms with Crippen molar-refractivity contribution in [1.82, 2.24) is 14.5 Å². The fourth-order valence-electron chi connectivity index (χ4n) is 1.81. The zero-order valence-electron chi connectivity index (χ0n) is 11.2. The summed E-state index contributed by atoms with van der Waals surface area (Å²) in [7, 11) is -2.02. The maximum Gasteiger partial charge on any atom is 0.242 e. The predicted molar refractivity (Wildman–Crippen MR) is 80.6 cm³/mol. The zero-order chi connectivity index (χ0) is 15.6. The molecule has 0 aliphatic carbocycles. The van der Waals surface area contributed by atoms with Crippen LogP contribution in [0.2, 0.25) is 0 Å². The molecule has 1 aromatic carbocycles. The minimum atomic E-state index is -3.80. The first kappa shape index (κ1) is 15.9. The van der Waals surface area contributed by atoms with E-state index in [0.717, 1.165) is 17.8 Å². The summed E-state index contributed by atoms with van der Waals surface area (Å²) in [4.78, 5) is -0.152. The van der Waals surface area contributed by atoms with E-state index >= 15 is 0 Å². The van der Waals surface area contributed by atoms with Crippen molar-refractivity contribution in [3.05, 3.63) is 40.4 Å². The van der Waals surface area contributed by atoms with Gasteiger partial charge in [0, 0.05) is 31.9 Å². The number of rotatable bonds is 5. The third kappa shape index (κ3) is 3.60. The van der Waals surface area contributed by atoms with Crippen LogP contribution in [-0.4, -0.2) is 24.7 Å². The number of nitrogens with one attached hydrogen (secondary N) is 1. The molecule has 0 radical (unpaired) electrons. The summed E-state index contributed by atoms with van der Waals surface area (Å²) in [6.45, 7) is 0.191. The molecule has 0 bridgehead atoms. The third-order valence-electron chi connectivity index (χ3n) is 2.94. The monoisotopic (exact) mass is 376 g/mol. The number of benzene rings is 1. The van der Waals surface area contributed by atoms with E-state index in [9.17, 15) is 12.8 Å². The third-order valence-corrected chi connectivity index (χ3v) is 5.06. The fraction of sp³-hybridized carbons (Fsp3) is 0.250. The Morgan fingerprint density at radius 1 is 1.48 bits per heavy atom. The van der Waals surface area contributed by atoms with Crippen LogP contribution in [0.5, 0.6) is 0 Å². The molecule has 0 fully saturated rings. The molecule has 2 aromatic rings. The van der Waals surface area contributed by atoms with Crippen LogP contribution in [-0.2, 0) is 23.5 Å². The Balaban J connectivity index is 2.12. The standard InChI is InChI=1S/C12H14BrFN4O2S/c1-18-8(2-4-16-18)3-5-17-21(19,20)12-6-9(13)10(14)7-11(12)15/h2,4,6-7,17H,3,5,15H2,1H3. The molecule has 0 aliphatic rings. The number of anilines is 1. The summed E-state index contributed by atoms with van der Waals surface area (Å²) in [6.07, 6.45) is 2.12. The molecule has 9 heteroatoms. The van der Waals surface area contributed by atoms with Crippen LogP contribution >= 0.6 is 15.9 Å². The van der Waals surface area contributed by atoms with Crippen molar-refractivity contribution in [3.8, 4) is 0 Å². The molecule has 0 unspecified atom stereocenters. The van der Waals surface area contributed by atoms with E-state index in [1.54, 1.807) is 24.0 Å². The highest BCUT2D eigenvalue weighted by Gasteiger charge is 2.19. The topological polar surface area (TPSA) is 90.0 Å². The van der Waals surface area contributed by atoms with E-state index in [-0.39, 0.29) is 21.6 Å². The molecule has 3 N–H and O–H groups in total. The molecule has 0 amide bonds. The van der Waals surface area contributed by atoms with Crippen molar-refractivity contribution >= 4 is 31.6 Å². The van der Waals surface area contributed by atoms with Gasteiger partial charge in [0.05, 0.1) is 10.2 Å². The number of nitrogens with two attached hydrogens (primary N) is 1. The molecule has 0 aliphatic heterocycles. The predicted octanol–water partition coefficient (Wildman–Crippen LogP) is 1.42. The molecule has 1 aromatic heterocycles. The number of hydrogen-bond acceptors (Lipinski definition) is 4. The highest BCUT2D eigenvalue weighted by atomic mass is 79.9. The molecule has 0 saturated heterocycles. The average molecular weight is 377 g/mol. The second-order valence-corrected chi connectivity index (χ2v) is 6.99. The van der Waals surface area contributed by atoms with E-state index in [1.165, 1.54) is 0 Å². The van der Waals surface area contributed by atoms with Crippen LogP contribution in [0.25, 0.3) is 0 Å². The summed E-state index contributed by atoms with van der Waals surface area (Å²) >= 11 is 2.95. The van der Waals surface area contributed by atoms with Crippen LogP contribution in [0.3, 0.4) is 0 Å². The number of sulfonamides is 1. The summed E-state index contributed by atoms with van der Waals surface area (Å²) < 4.78 is 41.8. The van der Waals surface area contributed by atoms with Gasteiger partial charge in [-0.3, -0.25) is 4.68 Å². The van der Waals surface area contributed by atoms with Crippen molar-refractivity contribution in [1.29, 1.82) is 0 Å². The molecule has 21 heavy (non-hydrogen) atoms. The molecule has 0 saturated carbocycles. The average Bonchev–Trinajstić information content (AvgIpc) is 2.79. The quantitative estimate of drug-likeness (QED) is 0.772. The van der Waals surface area contributed by atoms with E-state index < -0.39 is 15.8 Å². The van der Waals surface area contributed by atoms with E-state index in [2.05, 4.69) is 25.8 Å². The molecule has 0 spiro atoms. The highest BCUT2D eigenvalue weighted by Crippen LogP contribution is 2.25. The zero-order valence-corrected chi connectivity index (χ0v) is 13.6. The van der Waals surface area contributed by atoms with E-state index in [0.29, 0.717) is 6.42 Å². The first-order chi connectivity index (χ1) is 9.81. The first-order valence-corrected chi connectivity index (χ1v) is 8.30. The summed E-state index contributed by atoms with van der Waals surface area (Å²) in [6, 6.07) is 3.92. The fourth-order valence-corrected chi connectivity index (χ4v) is 3.48. The molecule has 114 valence electrons. The molecule has 0 atom stereocenters. The Morgan fingerprint density at radius 3 is 2.81 bits per heavy atom. The largest absolute Gasteiger partial charge is 0.398 e. The molecular weight excluding hydrogens is 363 g/mol. The summed E-state index contributed by atoms with van der Waals surface area (Å²) in [5, 5.41) is 4.00. The highest BCUT2D eigenvalue weighted by molar-refractivity contribution is 9.10. The lowest BCUT2D eigenvalue weighted by atomic mass is 10.3. The lowest BCUT2D eigenvalue weighted by Crippen LogP contribution is -2.27. The van der Waals surface area contributed by atoms with Crippen molar-refractivity contribution < 1.29 is 12.8 Å². The number of aryl methyl sites for hydroxylation is 1. The Bertz CT molecular complexity index is 761. The van der Waals surface area contributed by atoms with E-state index in [4.69, 9.17) is 5.73 Å². The number of hydrogen-bond donors (Lipinski definition) is 2.